The first kappa shape index (κ1) is 26.7. The molecule has 0 spiro atoms. The Morgan fingerprint density at radius 3 is 2.58 bits per heavy atom. The number of ether oxygens (including phenoxy) is 2. The van der Waals surface area contributed by atoms with Crippen LogP contribution in [0.15, 0.2) is 72.3 Å². The zero-order valence-electron chi connectivity index (χ0n) is 19.7. The summed E-state index contributed by atoms with van der Waals surface area (Å²) < 4.78 is 12.4. The highest BCUT2D eigenvalue weighted by Gasteiger charge is 2.17. The molecule has 3 aromatic carbocycles. The molecule has 0 aliphatic heterocycles. The van der Waals surface area contributed by atoms with E-state index in [-0.39, 0.29) is 23.9 Å². The molecule has 3 aromatic rings. The average molecular weight is 597 g/mol. The Bertz CT molecular complexity index is 1320. The molecule has 0 unspecified atom stereocenters. The first-order valence-electron chi connectivity index (χ1n) is 11.1. The number of carbonyl (C=O) groups excluding carboxylic acids is 1. The molecule has 9 heteroatoms. The molecule has 8 nitrogen and oxygen atoms in total. The van der Waals surface area contributed by atoms with Crippen LogP contribution < -0.4 is 14.8 Å². The molecule has 0 fully saturated rings. The molecule has 0 aliphatic rings. The summed E-state index contributed by atoms with van der Waals surface area (Å²) in [6, 6.07) is 20.9. The van der Waals surface area contributed by atoms with E-state index in [2.05, 4.69) is 27.9 Å². The molecule has 1 N–H and O–H groups in total. The zero-order chi connectivity index (χ0) is 26.1. The van der Waals surface area contributed by atoms with Crippen molar-refractivity contribution in [2.75, 3.05) is 6.61 Å². The lowest BCUT2D eigenvalue weighted by Gasteiger charge is -2.15. The maximum Gasteiger partial charge on any atom is 0.269 e. The Morgan fingerprint density at radius 2 is 1.92 bits per heavy atom. The molecule has 184 valence electrons. The van der Waals surface area contributed by atoms with Crippen LogP contribution in [0.5, 0.6) is 11.5 Å². The molecule has 1 atom stereocenters. The maximum atomic E-state index is 12.8. The van der Waals surface area contributed by atoms with Gasteiger partial charge in [-0.2, -0.15) is 5.26 Å². The van der Waals surface area contributed by atoms with Crippen molar-refractivity contribution < 1.29 is 19.2 Å². The van der Waals surface area contributed by atoms with Crippen LogP contribution in [-0.4, -0.2) is 17.4 Å². The molecular weight excluding hydrogens is 573 g/mol. The Kier molecular flexibility index (Phi) is 9.41. The summed E-state index contributed by atoms with van der Waals surface area (Å²) in [5.41, 5.74) is 2.12. The van der Waals surface area contributed by atoms with E-state index in [1.54, 1.807) is 24.3 Å². The number of nitriles is 1. The molecule has 0 aromatic heterocycles. The first-order chi connectivity index (χ1) is 17.3. The van der Waals surface area contributed by atoms with Gasteiger partial charge in [-0.3, -0.25) is 14.9 Å². The number of nitro benzene ring substituents is 1. The molecule has 0 saturated heterocycles. The second kappa shape index (κ2) is 12.7. The van der Waals surface area contributed by atoms with Gasteiger partial charge in [-0.05, 0) is 71.3 Å². The molecule has 0 bridgehead atoms. The highest BCUT2D eigenvalue weighted by Crippen LogP contribution is 2.35. The second-order valence-electron chi connectivity index (χ2n) is 7.75. The Balaban J connectivity index is 1.82. The predicted molar refractivity (Wildman–Crippen MR) is 144 cm³/mol. The van der Waals surface area contributed by atoms with Crippen molar-refractivity contribution in [3.05, 3.63) is 103 Å². The quantitative estimate of drug-likeness (QED) is 0.101. The van der Waals surface area contributed by atoms with E-state index < -0.39 is 10.8 Å². The van der Waals surface area contributed by atoms with Crippen LogP contribution in [0, 0.1) is 25.0 Å². The van der Waals surface area contributed by atoms with Crippen LogP contribution in [0.25, 0.3) is 6.08 Å². The molecule has 0 heterocycles. The number of nitrogens with one attached hydrogen (secondary N) is 1. The van der Waals surface area contributed by atoms with Crippen molar-refractivity contribution in [3.8, 4) is 17.6 Å². The summed E-state index contributed by atoms with van der Waals surface area (Å²) in [5, 5.41) is 23.5. The van der Waals surface area contributed by atoms with Crippen LogP contribution in [0.4, 0.5) is 5.69 Å². The van der Waals surface area contributed by atoms with E-state index in [4.69, 9.17) is 9.47 Å². The van der Waals surface area contributed by atoms with Crippen LogP contribution in [0.3, 0.4) is 0 Å². The number of amides is 1. The number of hydrogen-bond acceptors (Lipinski definition) is 6. The number of halogens is 1. The van der Waals surface area contributed by atoms with Gasteiger partial charge in [0.15, 0.2) is 11.5 Å². The van der Waals surface area contributed by atoms with Gasteiger partial charge in [-0.1, -0.05) is 42.5 Å². The van der Waals surface area contributed by atoms with E-state index >= 15 is 0 Å². The van der Waals surface area contributed by atoms with E-state index in [9.17, 15) is 20.2 Å². The molecule has 36 heavy (non-hydrogen) atoms. The minimum atomic E-state index is -0.479. The first-order valence-corrected chi connectivity index (χ1v) is 12.2. The molecule has 1 amide bonds. The van der Waals surface area contributed by atoms with Crippen molar-refractivity contribution in [1.29, 1.82) is 5.26 Å². The van der Waals surface area contributed by atoms with Crippen molar-refractivity contribution in [2.45, 2.75) is 26.5 Å². The van der Waals surface area contributed by atoms with Crippen molar-refractivity contribution in [2.24, 2.45) is 0 Å². The second-order valence-corrected chi connectivity index (χ2v) is 8.92. The average Bonchev–Trinajstić information content (AvgIpc) is 2.87. The number of hydrogen-bond donors (Lipinski definition) is 1. The number of nitro groups is 1. The Hall–Kier alpha value is -3.91. The Morgan fingerprint density at radius 1 is 1.17 bits per heavy atom. The Labute approximate surface area is 222 Å². The fourth-order valence-corrected chi connectivity index (χ4v) is 4.19. The largest absolute Gasteiger partial charge is 0.490 e. The molecule has 0 saturated carbocycles. The van der Waals surface area contributed by atoms with Crippen molar-refractivity contribution in [1.82, 2.24) is 5.32 Å². The highest BCUT2D eigenvalue weighted by atomic mass is 127. The van der Waals surface area contributed by atoms with Crippen molar-refractivity contribution in [3.63, 3.8) is 0 Å². The van der Waals surface area contributed by atoms with Crippen molar-refractivity contribution >= 4 is 40.3 Å². The fraction of sp³-hybridized carbons (Fsp3) is 0.185. The predicted octanol–water partition coefficient (Wildman–Crippen LogP) is 5.96. The monoisotopic (exact) mass is 597 g/mol. The third kappa shape index (κ3) is 7.05. The summed E-state index contributed by atoms with van der Waals surface area (Å²) in [4.78, 5) is 23.3. The molecule has 3 rings (SSSR count). The van der Waals surface area contributed by atoms with Gasteiger partial charge in [0.05, 0.1) is 21.1 Å². The van der Waals surface area contributed by atoms with E-state index in [1.165, 1.54) is 18.2 Å². The van der Waals surface area contributed by atoms with Crippen LogP contribution in [-0.2, 0) is 11.4 Å². The normalized spacial score (nSPS) is 11.8. The number of rotatable bonds is 10. The van der Waals surface area contributed by atoms with E-state index in [0.29, 0.717) is 32.8 Å². The lowest BCUT2D eigenvalue weighted by atomic mass is 10.1. The lowest BCUT2D eigenvalue weighted by molar-refractivity contribution is -0.384. The number of carbonyl (C=O) groups is 1. The fourth-order valence-electron chi connectivity index (χ4n) is 3.40. The van der Waals surface area contributed by atoms with Gasteiger partial charge in [-0.15, -0.1) is 0 Å². The minimum Gasteiger partial charge on any atom is -0.490 e. The third-order valence-electron chi connectivity index (χ3n) is 5.16. The zero-order valence-corrected chi connectivity index (χ0v) is 21.9. The standard InChI is InChI=1S/C27H24IN3O5/c1-3-35-25-15-20(12-22(16-29)27(32)30-18(2)21-9-5-4-6-10-21)14-24(28)26(25)36-17-19-8-7-11-23(13-19)31(33)34/h4-15,18H,3,17H2,1-2H3,(H,30,32)/b22-12-/t18-/m0/s1. The molecule has 0 radical (unpaired) electrons. The van der Waals surface area contributed by atoms with Gasteiger partial charge in [0, 0.05) is 12.1 Å². The molecule has 0 aliphatic carbocycles. The summed E-state index contributed by atoms with van der Waals surface area (Å²) in [6.07, 6.45) is 1.50. The summed E-state index contributed by atoms with van der Waals surface area (Å²) >= 11 is 2.09. The molecular formula is C27H24IN3O5. The summed E-state index contributed by atoms with van der Waals surface area (Å²) in [7, 11) is 0. The highest BCUT2D eigenvalue weighted by molar-refractivity contribution is 14.1. The van der Waals surface area contributed by atoms with Gasteiger partial charge in [0.1, 0.15) is 18.2 Å². The van der Waals surface area contributed by atoms with Crippen LogP contribution in [0.2, 0.25) is 0 Å². The lowest BCUT2D eigenvalue weighted by Crippen LogP contribution is -2.27. The maximum absolute atomic E-state index is 12.8. The van der Waals surface area contributed by atoms with E-state index in [0.717, 1.165) is 5.56 Å². The van der Waals surface area contributed by atoms with Gasteiger partial charge < -0.3 is 14.8 Å². The van der Waals surface area contributed by atoms with Crippen LogP contribution >= 0.6 is 22.6 Å². The minimum absolute atomic E-state index is 0.0137. The third-order valence-corrected chi connectivity index (χ3v) is 5.96. The SMILES string of the molecule is CCOc1cc(/C=C(/C#N)C(=O)N[C@@H](C)c2ccccc2)cc(I)c1OCc1cccc([N+](=O)[O-])c1. The number of nitrogens with zero attached hydrogens (tertiary/aromatic N) is 2. The van der Waals surface area contributed by atoms with E-state index in [1.807, 2.05) is 50.2 Å². The summed E-state index contributed by atoms with van der Waals surface area (Å²) in [5.74, 6) is 0.436. The van der Waals surface area contributed by atoms with Gasteiger partial charge in [0.2, 0.25) is 0 Å². The number of benzene rings is 3. The smallest absolute Gasteiger partial charge is 0.269 e. The van der Waals surface area contributed by atoms with Crippen LogP contribution in [0.1, 0.15) is 36.6 Å². The van der Waals surface area contributed by atoms with Gasteiger partial charge >= 0.3 is 0 Å². The van der Waals surface area contributed by atoms with Gasteiger partial charge in [0.25, 0.3) is 11.6 Å². The topological polar surface area (TPSA) is 114 Å². The van der Waals surface area contributed by atoms with Gasteiger partial charge in [-0.25, -0.2) is 0 Å². The summed E-state index contributed by atoms with van der Waals surface area (Å²) in [6.45, 7) is 4.16. The number of non-ortho nitro benzene ring substituents is 1.